The Morgan fingerprint density at radius 2 is 2.00 bits per heavy atom. The van der Waals surface area contributed by atoms with Crippen molar-refractivity contribution in [1.29, 1.82) is 0 Å². The van der Waals surface area contributed by atoms with Crippen LogP contribution in [-0.2, 0) is 6.42 Å². The summed E-state index contributed by atoms with van der Waals surface area (Å²) in [5, 5.41) is 3.45. The minimum Gasteiger partial charge on any atom is -0.466 e. The molecule has 1 aromatic carbocycles. The molecule has 4 rings (SSSR count). The van der Waals surface area contributed by atoms with Crippen LogP contribution in [0.5, 0.6) is 11.5 Å². The number of fused-ring (bicyclic) bond motifs is 1. The molecule has 3 heterocycles. The van der Waals surface area contributed by atoms with E-state index in [1.165, 1.54) is 11.3 Å². The highest BCUT2D eigenvalue weighted by Gasteiger charge is 2.18. The van der Waals surface area contributed by atoms with Gasteiger partial charge in [0.25, 0.3) is 5.91 Å². The summed E-state index contributed by atoms with van der Waals surface area (Å²) < 4.78 is 16.2. The van der Waals surface area contributed by atoms with Gasteiger partial charge in [0.15, 0.2) is 16.6 Å². The molecular weight excluding hydrogens is 352 g/mol. The third kappa shape index (κ3) is 3.17. The molecule has 0 unspecified atom stereocenters. The van der Waals surface area contributed by atoms with Gasteiger partial charge in [-0.25, -0.2) is 4.98 Å². The van der Waals surface area contributed by atoms with Crippen molar-refractivity contribution in [3.63, 3.8) is 0 Å². The number of amides is 1. The largest absolute Gasteiger partial charge is 0.466 e. The summed E-state index contributed by atoms with van der Waals surface area (Å²) in [4.78, 5) is 18.0. The van der Waals surface area contributed by atoms with Crippen molar-refractivity contribution in [3.8, 4) is 11.5 Å². The fraction of sp³-hybridized carbons (Fsp3) is 0.263. The molecule has 0 bridgehead atoms. The van der Waals surface area contributed by atoms with Gasteiger partial charge in [-0.1, -0.05) is 6.07 Å². The van der Waals surface area contributed by atoms with Crippen molar-refractivity contribution >= 4 is 22.4 Å². The third-order valence-corrected chi connectivity index (χ3v) is 5.27. The maximum Gasteiger partial charge on any atom is 0.260 e. The molecule has 1 amide bonds. The predicted octanol–water partition coefficient (Wildman–Crippen LogP) is 4.23. The number of anilines is 1. The first-order valence-electron chi connectivity index (χ1n) is 8.23. The zero-order valence-corrected chi connectivity index (χ0v) is 15.5. The maximum absolute atomic E-state index is 12.4. The summed E-state index contributed by atoms with van der Waals surface area (Å²) in [5.41, 5.74) is 2.55. The summed E-state index contributed by atoms with van der Waals surface area (Å²) in [5.74, 6) is 2.65. The van der Waals surface area contributed by atoms with Crippen molar-refractivity contribution in [2.45, 2.75) is 27.2 Å². The molecule has 0 spiro atoms. The lowest BCUT2D eigenvalue weighted by Gasteiger charge is -2.02. The quantitative estimate of drug-likeness (QED) is 0.744. The van der Waals surface area contributed by atoms with E-state index in [1.54, 1.807) is 13.0 Å². The molecule has 7 heteroatoms. The van der Waals surface area contributed by atoms with Gasteiger partial charge in [0.1, 0.15) is 11.5 Å². The number of carbonyl (C=O) groups excluding carboxylic acids is 1. The van der Waals surface area contributed by atoms with Crippen LogP contribution in [0.15, 0.2) is 28.7 Å². The van der Waals surface area contributed by atoms with E-state index in [4.69, 9.17) is 13.9 Å². The van der Waals surface area contributed by atoms with E-state index < -0.39 is 0 Å². The van der Waals surface area contributed by atoms with Gasteiger partial charge in [-0.2, -0.15) is 0 Å². The fourth-order valence-corrected chi connectivity index (χ4v) is 3.89. The van der Waals surface area contributed by atoms with Crippen LogP contribution >= 0.6 is 11.3 Å². The van der Waals surface area contributed by atoms with Crippen LogP contribution in [0.25, 0.3) is 0 Å². The number of rotatable bonds is 4. The topological polar surface area (TPSA) is 73.6 Å². The van der Waals surface area contributed by atoms with Crippen LogP contribution in [0, 0.1) is 20.8 Å². The lowest BCUT2D eigenvalue weighted by molar-refractivity contribution is 0.102. The Balaban J connectivity index is 1.50. The summed E-state index contributed by atoms with van der Waals surface area (Å²) >= 11 is 1.48. The van der Waals surface area contributed by atoms with Gasteiger partial charge < -0.3 is 13.9 Å². The molecule has 2 aromatic heterocycles. The van der Waals surface area contributed by atoms with Crippen molar-refractivity contribution < 1.29 is 18.7 Å². The smallest absolute Gasteiger partial charge is 0.260 e. The first-order valence-corrected chi connectivity index (χ1v) is 9.04. The van der Waals surface area contributed by atoms with E-state index in [1.807, 2.05) is 32.0 Å². The molecule has 1 N–H and O–H groups in total. The number of nitrogens with zero attached hydrogens (tertiary/aromatic N) is 1. The standard InChI is InChI=1S/C19H18N2O4S/c1-10-6-14(12(3)25-10)18(22)21-19-20-11(2)17(26-19)8-13-4-5-15-16(7-13)24-9-23-15/h4-7H,8-9H2,1-3H3,(H,20,21,22). The number of hydrogen-bond acceptors (Lipinski definition) is 6. The lowest BCUT2D eigenvalue weighted by Crippen LogP contribution is -2.11. The first kappa shape index (κ1) is 16.7. The number of nitrogens with one attached hydrogen (secondary N) is 1. The Bertz CT molecular complexity index is 990. The van der Waals surface area contributed by atoms with Crippen LogP contribution in [-0.4, -0.2) is 17.7 Å². The first-order chi connectivity index (χ1) is 12.5. The monoisotopic (exact) mass is 370 g/mol. The molecule has 1 aliphatic rings. The summed E-state index contributed by atoms with van der Waals surface area (Å²) in [7, 11) is 0. The Hall–Kier alpha value is -2.80. The minimum atomic E-state index is -0.206. The van der Waals surface area contributed by atoms with Crippen molar-refractivity contribution in [2.75, 3.05) is 12.1 Å². The van der Waals surface area contributed by atoms with Crippen molar-refractivity contribution in [1.82, 2.24) is 4.98 Å². The molecule has 0 saturated heterocycles. The third-order valence-electron chi connectivity index (χ3n) is 4.20. The summed E-state index contributed by atoms with van der Waals surface area (Å²) in [6.07, 6.45) is 0.722. The van der Waals surface area contributed by atoms with Gasteiger partial charge >= 0.3 is 0 Å². The summed E-state index contributed by atoms with van der Waals surface area (Å²) in [6, 6.07) is 7.65. The normalized spacial score (nSPS) is 12.4. The Labute approximate surface area is 154 Å². The highest BCUT2D eigenvalue weighted by Crippen LogP contribution is 2.34. The molecule has 134 valence electrons. The van der Waals surface area contributed by atoms with Gasteiger partial charge in [-0.05, 0) is 44.5 Å². The molecule has 0 radical (unpaired) electrons. The average Bonchev–Trinajstić information content (AvgIpc) is 3.27. The van der Waals surface area contributed by atoms with Gasteiger partial charge in [0, 0.05) is 11.3 Å². The van der Waals surface area contributed by atoms with Crippen LogP contribution in [0.4, 0.5) is 5.13 Å². The molecule has 6 nitrogen and oxygen atoms in total. The number of ether oxygens (including phenoxy) is 2. The second-order valence-electron chi connectivity index (χ2n) is 6.17. The van der Waals surface area contributed by atoms with Crippen molar-refractivity contribution in [2.24, 2.45) is 0 Å². The molecule has 0 fully saturated rings. The molecular formula is C19H18N2O4S. The van der Waals surface area contributed by atoms with Gasteiger partial charge in [0.2, 0.25) is 6.79 Å². The average molecular weight is 370 g/mol. The molecule has 0 saturated carbocycles. The Morgan fingerprint density at radius 3 is 2.77 bits per heavy atom. The second-order valence-corrected chi connectivity index (χ2v) is 7.26. The zero-order chi connectivity index (χ0) is 18.3. The van der Waals surface area contributed by atoms with E-state index >= 15 is 0 Å². The maximum atomic E-state index is 12.4. The van der Waals surface area contributed by atoms with Gasteiger partial charge in [-0.3, -0.25) is 10.1 Å². The number of carbonyl (C=O) groups is 1. The fourth-order valence-electron chi connectivity index (χ4n) is 2.90. The van der Waals surface area contributed by atoms with E-state index in [0.717, 1.165) is 34.1 Å². The SMILES string of the molecule is Cc1cc(C(=O)Nc2nc(C)c(Cc3ccc4c(c3)OCO4)s2)c(C)o1. The number of benzene rings is 1. The van der Waals surface area contributed by atoms with E-state index in [2.05, 4.69) is 10.3 Å². The van der Waals surface area contributed by atoms with Crippen LogP contribution in [0.1, 0.15) is 38.0 Å². The number of aromatic nitrogens is 1. The lowest BCUT2D eigenvalue weighted by atomic mass is 10.1. The van der Waals surface area contributed by atoms with E-state index in [0.29, 0.717) is 22.2 Å². The molecule has 0 aliphatic carbocycles. The number of thiazole rings is 1. The van der Waals surface area contributed by atoms with E-state index in [-0.39, 0.29) is 12.7 Å². The zero-order valence-electron chi connectivity index (χ0n) is 14.7. The molecule has 0 atom stereocenters. The van der Waals surface area contributed by atoms with Gasteiger partial charge in [0.05, 0.1) is 11.3 Å². The molecule has 1 aliphatic heterocycles. The van der Waals surface area contributed by atoms with E-state index in [9.17, 15) is 4.79 Å². The highest BCUT2D eigenvalue weighted by molar-refractivity contribution is 7.15. The number of aryl methyl sites for hydroxylation is 3. The van der Waals surface area contributed by atoms with Crippen LogP contribution in [0.3, 0.4) is 0 Å². The van der Waals surface area contributed by atoms with Gasteiger partial charge in [-0.15, -0.1) is 11.3 Å². The highest BCUT2D eigenvalue weighted by atomic mass is 32.1. The Morgan fingerprint density at radius 1 is 1.19 bits per heavy atom. The molecule has 26 heavy (non-hydrogen) atoms. The number of furan rings is 1. The summed E-state index contributed by atoms with van der Waals surface area (Å²) in [6.45, 7) is 5.81. The second kappa shape index (κ2) is 6.49. The van der Waals surface area contributed by atoms with Crippen molar-refractivity contribution in [3.05, 3.63) is 57.5 Å². The van der Waals surface area contributed by atoms with Crippen LogP contribution in [0.2, 0.25) is 0 Å². The number of hydrogen-bond donors (Lipinski definition) is 1. The van der Waals surface area contributed by atoms with Crippen LogP contribution < -0.4 is 14.8 Å². The Kier molecular flexibility index (Phi) is 4.16. The minimum absolute atomic E-state index is 0.206. The predicted molar refractivity (Wildman–Crippen MR) is 98.4 cm³/mol. The molecule has 3 aromatic rings.